The molecule has 1 heteroatoms. The van der Waals surface area contributed by atoms with E-state index in [1.165, 1.54) is 27.8 Å². The minimum atomic E-state index is 0.209. The molecular weight excluding hydrogens is 328 g/mol. The van der Waals surface area contributed by atoms with E-state index in [4.69, 9.17) is 4.74 Å². The maximum atomic E-state index is 5.31. The van der Waals surface area contributed by atoms with Crippen molar-refractivity contribution in [1.29, 1.82) is 0 Å². The zero-order chi connectivity index (χ0) is 19.3. The van der Waals surface area contributed by atoms with Crippen LogP contribution in [0.5, 0.6) is 5.75 Å². The molecule has 27 heavy (non-hydrogen) atoms. The van der Waals surface area contributed by atoms with E-state index in [1.54, 1.807) is 7.11 Å². The lowest BCUT2D eigenvalue weighted by molar-refractivity contribution is 0.415. The Kier molecular flexibility index (Phi) is 5.81. The summed E-state index contributed by atoms with van der Waals surface area (Å²) in [6.45, 7) is 6.83. The predicted octanol–water partition coefficient (Wildman–Crippen LogP) is 6.97. The van der Waals surface area contributed by atoms with E-state index in [9.17, 15) is 0 Å². The minimum Gasteiger partial charge on any atom is -0.497 e. The van der Waals surface area contributed by atoms with Crippen molar-refractivity contribution in [3.63, 3.8) is 0 Å². The second-order valence-corrected chi connectivity index (χ2v) is 7.51. The maximum absolute atomic E-state index is 5.31. The number of ether oxygens (including phenoxy) is 1. The van der Waals surface area contributed by atoms with Gasteiger partial charge < -0.3 is 4.74 Å². The second kappa shape index (κ2) is 8.26. The summed E-state index contributed by atoms with van der Waals surface area (Å²) in [5.41, 5.74) is 6.40. The Labute approximate surface area is 163 Å². The molecule has 138 valence electrons. The molecule has 0 aromatic heterocycles. The highest BCUT2D eigenvalue weighted by Gasteiger charge is 2.17. The third kappa shape index (κ3) is 4.49. The molecule has 0 bridgehead atoms. The lowest BCUT2D eigenvalue weighted by Gasteiger charge is -2.23. The first-order valence-electron chi connectivity index (χ1n) is 9.55. The largest absolute Gasteiger partial charge is 0.497 e. The van der Waals surface area contributed by atoms with Gasteiger partial charge in [-0.2, -0.15) is 0 Å². The number of hydrogen-bond donors (Lipinski definition) is 0. The first kappa shape index (κ1) is 19.0. The Balaban J connectivity index is 2.02. The zero-order valence-electron chi connectivity index (χ0n) is 16.7. The van der Waals surface area contributed by atoms with Crippen molar-refractivity contribution < 1.29 is 4.74 Å². The molecule has 0 spiro atoms. The number of methoxy groups -OCH3 is 1. The van der Waals surface area contributed by atoms with E-state index < -0.39 is 0 Å². The van der Waals surface area contributed by atoms with Gasteiger partial charge in [-0.1, -0.05) is 87.5 Å². The maximum Gasteiger partial charge on any atom is 0.118 e. The third-order valence-corrected chi connectivity index (χ3v) is 5.37. The van der Waals surface area contributed by atoms with E-state index >= 15 is 0 Å². The third-order valence-electron chi connectivity index (χ3n) is 5.37. The Morgan fingerprint density at radius 2 is 1.41 bits per heavy atom. The van der Waals surface area contributed by atoms with Crippen LogP contribution in [0.4, 0.5) is 0 Å². The van der Waals surface area contributed by atoms with Gasteiger partial charge in [0.1, 0.15) is 5.75 Å². The van der Waals surface area contributed by atoms with Crippen LogP contribution in [-0.4, -0.2) is 7.11 Å². The summed E-state index contributed by atoms with van der Waals surface area (Å²) in [7, 11) is 1.70. The zero-order valence-corrected chi connectivity index (χ0v) is 16.7. The van der Waals surface area contributed by atoms with Gasteiger partial charge in [0.25, 0.3) is 0 Å². The molecule has 3 aromatic carbocycles. The van der Waals surface area contributed by atoms with E-state index in [2.05, 4.69) is 93.6 Å². The smallest absolute Gasteiger partial charge is 0.118 e. The molecule has 0 N–H and O–H groups in total. The van der Waals surface area contributed by atoms with Crippen molar-refractivity contribution in [2.75, 3.05) is 7.11 Å². The molecule has 1 nitrogen and oxygen atoms in total. The first-order chi connectivity index (χ1) is 13.0. The highest BCUT2D eigenvalue weighted by Crippen LogP contribution is 2.30. The summed E-state index contributed by atoms with van der Waals surface area (Å²) >= 11 is 0. The summed E-state index contributed by atoms with van der Waals surface area (Å²) < 4.78 is 5.31. The van der Waals surface area contributed by atoms with Crippen molar-refractivity contribution in [1.82, 2.24) is 0 Å². The standard InChI is InChI=1S/C26H28O/c1-5-26(2,3)23-15-11-20(12-16-23)19-25(21-9-7-6-8-10-21)22-13-17-24(27-4)18-14-22/h6-19H,5H2,1-4H3/b25-19+. The van der Waals surface area contributed by atoms with Gasteiger partial charge in [0.2, 0.25) is 0 Å². The molecule has 0 amide bonds. The molecule has 0 saturated heterocycles. The van der Waals surface area contributed by atoms with Gasteiger partial charge in [-0.3, -0.25) is 0 Å². The Morgan fingerprint density at radius 3 is 1.96 bits per heavy atom. The van der Waals surface area contributed by atoms with Crippen LogP contribution in [-0.2, 0) is 5.41 Å². The molecule has 0 radical (unpaired) electrons. The highest BCUT2D eigenvalue weighted by atomic mass is 16.5. The Morgan fingerprint density at radius 1 is 0.815 bits per heavy atom. The van der Waals surface area contributed by atoms with Crippen molar-refractivity contribution in [2.45, 2.75) is 32.6 Å². The molecule has 0 heterocycles. The van der Waals surface area contributed by atoms with Gasteiger partial charge >= 0.3 is 0 Å². The summed E-state index contributed by atoms with van der Waals surface area (Å²) in [6.07, 6.45) is 3.39. The SMILES string of the molecule is CCC(C)(C)c1ccc(/C=C(\c2ccccc2)c2ccc(OC)cc2)cc1. The lowest BCUT2D eigenvalue weighted by Crippen LogP contribution is -2.14. The normalized spacial score (nSPS) is 12.1. The predicted molar refractivity (Wildman–Crippen MR) is 116 cm³/mol. The van der Waals surface area contributed by atoms with Gasteiger partial charge in [0, 0.05) is 0 Å². The molecule has 0 aliphatic carbocycles. The average Bonchev–Trinajstić information content (AvgIpc) is 2.73. The fraction of sp³-hybridized carbons (Fsp3) is 0.231. The van der Waals surface area contributed by atoms with Crippen molar-refractivity contribution in [3.05, 3.63) is 101 Å². The van der Waals surface area contributed by atoms with Gasteiger partial charge in [-0.15, -0.1) is 0 Å². The quantitative estimate of drug-likeness (QED) is 0.433. The summed E-state index contributed by atoms with van der Waals surface area (Å²) in [5.74, 6) is 0.873. The second-order valence-electron chi connectivity index (χ2n) is 7.51. The van der Waals surface area contributed by atoms with Crippen LogP contribution in [0.1, 0.15) is 49.4 Å². The van der Waals surface area contributed by atoms with Crippen LogP contribution < -0.4 is 4.74 Å². The monoisotopic (exact) mass is 356 g/mol. The number of rotatable bonds is 6. The molecule has 0 aliphatic rings. The van der Waals surface area contributed by atoms with E-state index in [0.717, 1.165) is 12.2 Å². The topological polar surface area (TPSA) is 9.23 Å². The fourth-order valence-electron chi connectivity index (χ4n) is 3.12. The van der Waals surface area contributed by atoms with Crippen LogP contribution in [0, 0.1) is 0 Å². The fourth-order valence-corrected chi connectivity index (χ4v) is 3.12. The Bertz CT molecular complexity index is 885. The number of benzene rings is 3. The van der Waals surface area contributed by atoms with Gasteiger partial charge in [-0.05, 0) is 57.9 Å². The van der Waals surface area contributed by atoms with E-state index in [0.29, 0.717) is 0 Å². The van der Waals surface area contributed by atoms with Crippen LogP contribution >= 0.6 is 0 Å². The highest BCUT2D eigenvalue weighted by molar-refractivity contribution is 5.91. The van der Waals surface area contributed by atoms with E-state index in [-0.39, 0.29) is 5.41 Å². The molecule has 3 aromatic rings. The van der Waals surface area contributed by atoms with Crippen molar-refractivity contribution in [2.24, 2.45) is 0 Å². The van der Waals surface area contributed by atoms with Crippen LogP contribution in [0.3, 0.4) is 0 Å². The van der Waals surface area contributed by atoms with Crippen molar-refractivity contribution >= 4 is 11.6 Å². The van der Waals surface area contributed by atoms with Crippen LogP contribution in [0.15, 0.2) is 78.9 Å². The number of hydrogen-bond acceptors (Lipinski definition) is 1. The van der Waals surface area contributed by atoms with Gasteiger partial charge in [0.15, 0.2) is 0 Å². The summed E-state index contributed by atoms with van der Waals surface area (Å²) in [5, 5.41) is 0. The van der Waals surface area contributed by atoms with Gasteiger partial charge in [-0.25, -0.2) is 0 Å². The summed E-state index contributed by atoms with van der Waals surface area (Å²) in [6, 6.07) is 27.7. The molecule has 0 aliphatic heterocycles. The lowest BCUT2D eigenvalue weighted by atomic mass is 9.82. The molecular formula is C26H28O. The molecule has 0 saturated carbocycles. The molecule has 0 atom stereocenters. The van der Waals surface area contributed by atoms with E-state index in [1.807, 2.05) is 12.1 Å². The molecule has 3 rings (SSSR count). The Hall–Kier alpha value is -2.80. The first-order valence-corrected chi connectivity index (χ1v) is 9.55. The van der Waals surface area contributed by atoms with Crippen molar-refractivity contribution in [3.8, 4) is 5.75 Å². The minimum absolute atomic E-state index is 0.209. The summed E-state index contributed by atoms with van der Waals surface area (Å²) in [4.78, 5) is 0. The average molecular weight is 357 g/mol. The molecule has 0 unspecified atom stereocenters. The van der Waals surface area contributed by atoms with Gasteiger partial charge in [0.05, 0.1) is 7.11 Å². The molecule has 0 fully saturated rings. The van der Waals surface area contributed by atoms with Crippen LogP contribution in [0.25, 0.3) is 11.6 Å². The van der Waals surface area contributed by atoms with Crippen LogP contribution in [0.2, 0.25) is 0 Å².